The van der Waals surface area contributed by atoms with E-state index in [-0.39, 0.29) is 11.2 Å². The Morgan fingerprint density at radius 1 is 0.634 bits per heavy atom. The first kappa shape index (κ1) is 26.2. The van der Waals surface area contributed by atoms with Gasteiger partial charge >= 0.3 is 0 Å². The molecule has 4 aliphatic carbocycles. The molecule has 6 aliphatic rings. The van der Waals surface area contributed by atoms with Gasteiger partial charge in [-0.05, 0) is 134 Å². The number of hydrogen-bond acceptors (Lipinski definition) is 5. The number of hydrogen-bond donors (Lipinski definition) is 0. The van der Waals surface area contributed by atoms with E-state index in [2.05, 4.69) is 77.9 Å². The second-order valence-corrected chi connectivity index (χ2v) is 15.4. The normalized spacial score (nSPS) is 40.8. The van der Waals surface area contributed by atoms with Crippen LogP contribution >= 0.6 is 0 Å². The first-order chi connectivity index (χ1) is 19.6. The monoisotopic (exact) mass is 558 g/mol. The summed E-state index contributed by atoms with van der Waals surface area (Å²) in [7, 11) is 0. The van der Waals surface area contributed by atoms with Gasteiger partial charge in [-0.3, -0.25) is 0 Å². The van der Waals surface area contributed by atoms with Crippen molar-refractivity contribution in [3.05, 3.63) is 47.5 Å². The number of rotatable bonds is 8. The Labute approximate surface area is 245 Å². The number of ether oxygens (including phenoxy) is 5. The largest absolute Gasteiger partial charge is 0.454 e. The van der Waals surface area contributed by atoms with E-state index in [1.165, 1.54) is 24.0 Å². The summed E-state index contributed by atoms with van der Waals surface area (Å²) in [5.74, 6) is 7.40. The molecule has 0 radical (unpaired) electrons. The summed E-state index contributed by atoms with van der Waals surface area (Å²) < 4.78 is 30.2. The van der Waals surface area contributed by atoms with E-state index in [4.69, 9.17) is 23.7 Å². The van der Waals surface area contributed by atoms with Crippen LogP contribution in [0.3, 0.4) is 0 Å². The van der Waals surface area contributed by atoms with Gasteiger partial charge in [0.1, 0.15) is 0 Å². The summed E-state index contributed by atoms with van der Waals surface area (Å²) in [5, 5.41) is 0. The van der Waals surface area contributed by atoms with Crippen LogP contribution in [-0.2, 0) is 17.6 Å². The fraction of sp³-hybridized carbons (Fsp3) is 0.667. The van der Waals surface area contributed by atoms with Crippen LogP contribution in [0, 0.1) is 46.3 Å². The Kier molecular flexibility index (Phi) is 5.49. The molecule has 2 heterocycles. The lowest BCUT2D eigenvalue weighted by atomic mass is 9.77. The smallest absolute Gasteiger partial charge is 0.231 e. The highest BCUT2D eigenvalue weighted by molar-refractivity contribution is 5.46. The Morgan fingerprint density at radius 3 is 1.46 bits per heavy atom. The van der Waals surface area contributed by atoms with Gasteiger partial charge in [0.25, 0.3) is 0 Å². The molecule has 5 heteroatoms. The van der Waals surface area contributed by atoms with Gasteiger partial charge in [-0.15, -0.1) is 0 Å². The lowest BCUT2D eigenvalue weighted by Crippen LogP contribution is -2.42. The molecule has 2 aromatic rings. The van der Waals surface area contributed by atoms with Gasteiger partial charge in [0, 0.05) is 0 Å². The fourth-order valence-electron chi connectivity index (χ4n) is 10.9. The average molecular weight is 559 g/mol. The summed E-state index contributed by atoms with van der Waals surface area (Å²) in [4.78, 5) is 0. The molecular formula is C36H46O5. The molecule has 4 fully saturated rings. The summed E-state index contributed by atoms with van der Waals surface area (Å²) in [6.07, 6.45) is 7.07. The van der Waals surface area contributed by atoms with E-state index in [0.29, 0.717) is 59.9 Å². The van der Waals surface area contributed by atoms with Crippen LogP contribution in [0.25, 0.3) is 0 Å². The van der Waals surface area contributed by atoms with Crippen molar-refractivity contribution in [3.63, 3.8) is 0 Å². The van der Waals surface area contributed by atoms with Gasteiger partial charge in [0.05, 0.1) is 11.2 Å². The summed E-state index contributed by atoms with van der Waals surface area (Å²) in [6, 6.07) is 13.1. The molecule has 8 atom stereocenters. The quantitative estimate of drug-likeness (QED) is 0.330. The summed E-state index contributed by atoms with van der Waals surface area (Å²) in [6.45, 7) is 15.4. The molecule has 5 nitrogen and oxygen atoms in total. The Bertz CT molecular complexity index is 1280. The van der Waals surface area contributed by atoms with E-state index < -0.39 is 0 Å². The van der Waals surface area contributed by atoms with Crippen molar-refractivity contribution in [2.24, 2.45) is 46.3 Å². The molecular weight excluding hydrogens is 512 g/mol. The topological polar surface area (TPSA) is 46.2 Å². The van der Waals surface area contributed by atoms with Crippen molar-refractivity contribution in [1.29, 1.82) is 0 Å². The van der Waals surface area contributed by atoms with Gasteiger partial charge in [-0.25, -0.2) is 0 Å². The van der Waals surface area contributed by atoms with Gasteiger partial charge in [-0.2, -0.15) is 0 Å². The molecule has 0 bridgehead atoms. The third-order valence-corrected chi connectivity index (χ3v) is 12.8. The van der Waals surface area contributed by atoms with Crippen LogP contribution in [0.15, 0.2) is 36.4 Å². The van der Waals surface area contributed by atoms with Crippen molar-refractivity contribution in [2.45, 2.75) is 91.3 Å². The first-order valence-electron chi connectivity index (χ1n) is 16.0. The molecule has 2 aliphatic heterocycles. The van der Waals surface area contributed by atoms with Crippen molar-refractivity contribution in [3.8, 4) is 23.0 Å². The van der Waals surface area contributed by atoms with Crippen LogP contribution in [0.1, 0.15) is 78.4 Å². The highest BCUT2D eigenvalue weighted by Crippen LogP contribution is 2.79. The van der Waals surface area contributed by atoms with Crippen LogP contribution in [0.5, 0.6) is 23.0 Å². The second kappa shape index (κ2) is 8.58. The van der Waals surface area contributed by atoms with E-state index in [1.807, 2.05) is 0 Å². The molecule has 0 saturated heterocycles. The Morgan fingerprint density at radius 2 is 1.05 bits per heavy atom. The molecule has 220 valence electrons. The first-order valence-corrected chi connectivity index (χ1v) is 16.0. The van der Waals surface area contributed by atoms with Crippen molar-refractivity contribution < 1.29 is 23.7 Å². The third kappa shape index (κ3) is 3.69. The fourth-order valence-corrected chi connectivity index (χ4v) is 10.9. The lowest BCUT2D eigenvalue weighted by molar-refractivity contribution is -0.159. The molecule has 0 N–H and O–H groups in total. The number of fused-ring (bicyclic) bond motifs is 4. The molecule has 2 aromatic carbocycles. The van der Waals surface area contributed by atoms with Crippen LogP contribution in [0.2, 0.25) is 0 Å². The molecule has 0 aromatic heterocycles. The lowest BCUT2D eigenvalue weighted by Gasteiger charge is -2.40. The zero-order chi connectivity index (χ0) is 28.4. The van der Waals surface area contributed by atoms with Crippen molar-refractivity contribution in [2.75, 3.05) is 13.6 Å². The van der Waals surface area contributed by atoms with Crippen LogP contribution in [-0.4, -0.2) is 24.8 Å². The molecule has 4 saturated carbocycles. The minimum atomic E-state index is -0.0705. The Balaban J connectivity index is 1.04. The van der Waals surface area contributed by atoms with Gasteiger partial charge < -0.3 is 23.7 Å². The van der Waals surface area contributed by atoms with Gasteiger partial charge in [0.15, 0.2) is 23.0 Å². The molecule has 8 unspecified atom stereocenters. The maximum Gasteiger partial charge on any atom is 0.231 e. The Hall–Kier alpha value is -2.40. The highest BCUT2D eigenvalue weighted by Gasteiger charge is 2.77. The van der Waals surface area contributed by atoms with E-state index >= 15 is 0 Å². The highest BCUT2D eigenvalue weighted by atomic mass is 16.7. The average Bonchev–Trinajstić information content (AvgIpc) is 3.69. The third-order valence-electron chi connectivity index (χ3n) is 12.8. The maximum atomic E-state index is 7.60. The van der Waals surface area contributed by atoms with Crippen LogP contribution in [0.4, 0.5) is 0 Å². The summed E-state index contributed by atoms with van der Waals surface area (Å²) in [5.41, 5.74) is 3.35. The van der Waals surface area contributed by atoms with Crippen molar-refractivity contribution in [1.82, 2.24) is 0 Å². The van der Waals surface area contributed by atoms with Crippen molar-refractivity contribution >= 4 is 0 Å². The summed E-state index contributed by atoms with van der Waals surface area (Å²) >= 11 is 0. The molecule has 41 heavy (non-hydrogen) atoms. The van der Waals surface area contributed by atoms with Crippen LogP contribution < -0.4 is 18.9 Å². The molecule has 0 amide bonds. The SMILES string of the molecule is CC(C)C12CC1C(C)(OC1(C)CC(Cc3ccc4c(c3)OCO4)C3(C(C)C)CC13)CC2Cc1ccc2c(c1)OCO2. The molecule has 0 spiro atoms. The second-order valence-electron chi connectivity index (χ2n) is 15.4. The van der Waals surface area contributed by atoms with E-state index in [0.717, 1.165) is 48.7 Å². The van der Waals surface area contributed by atoms with E-state index in [1.54, 1.807) is 0 Å². The molecule has 8 rings (SSSR count). The van der Waals surface area contributed by atoms with Gasteiger partial charge in [-0.1, -0.05) is 39.8 Å². The number of benzene rings is 2. The zero-order valence-corrected chi connectivity index (χ0v) is 25.6. The standard InChI is InChI=1S/C36H46O5/c1-21(2)35-17-31(35)33(5,15-25(35)11-23-7-9-27-29(13-23)39-19-37-27)41-34(6)16-26(36(22(3)4)18-32(34)36)12-24-8-10-28-30(14-24)40-20-38-28/h7-10,13-14,21-22,25-26,31-32H,11-12,15-20H2,1-6H3. The van der Waals surface area contributed by atoms with Gasteiger partial charge in [0.2, 0.25) is 13.6 Å². The van der Waals surface area contributed by atoms with E-state index in [9.17, 15) is 0 Å². The predicted molar refractivity (Wildman–Crippen MR) is 157 cm³/mol. The maximum absolute atomic E-state index is 7.60. The minimum Gasteiger partial charge on any atom is -0.454 e. The predicted octanol–water partition coefficient (Wildman–Crippen LogP) is 7.83. The minimum absolute atomic E-state index is 0.0705. The zero-order valence-electron chi connectivity index (χ0n) is 25.6.